The molecule has 0 amide bonds. The fourth-order valence-corrected chi connectivity index (χ4v) is 9.98. The van der Waals surface area contributed by atoms with Crippen LogP contribution in [0.1, 0.15) is 38.5 Å². The Bertz CT molecular complexity index is 2230. The van der Waals surface area contributed by atoms with Gasteiger partial charge in [-0.3, -0.25) is 0 Å². The van der Waals surface area contributed by atoms with Crippen LogP contribution in [0.5, 0.6) is 5.75 Å². The van der Waals surface area contributed by atoms with Crippen molar-refractivity contribution in [2.75, 3.05) is 476 Å². The summed E-state index contributed by atoms with van der Waals surface area (Å²) in [5, 5.41) is 11.0. The highest BCUT2D eigenvalue weighted by Crippen LogP contribution is 2.21. The Kier molecular flexibility index (Phi) is 102. The van der Waals surface area contributed by atoms with Crippen LogP contribution in [0.3, 0.4) is 0 Å². The van der Waals surface area contributed by atoms with Crippen LogP contribution in [0.25, 0.3) is 10.8 Å². The van der Waals surface area contributed by atoms with Gasteiger partial charge in [0.25, 0.3) is 0 Å². The summed E-state index contributed by atoms with van der Waals surface area (Å²) in [6.45, 7) is 36.5. The van der Waals surface area contributed by atoms with Gasteiger partial charge in [0.2, 0.25) is 0 Å². The van der Waals surface area contributed by atoms with Crippen molar-refractivity contribution >= 4 is 10.8 Å². The largest absolute Gasteiger partial charge is 0.493 e. The second kappa shape index (κ2) is 108. The molecule has 738 valence electrons. The van der Waals surface area contributed by atoms with Crippen molar-refractivity contribution in [1.29, 1.82) is 0 Å². The Labute approximate surface area is 745 Å². The lowest BCUT2D eigenvalue weighted by Gasteiger charge is -2.09. The molecule has 0 spiro atoms. The highest BCUT2D eigenvalue weighted by atomic mass is 16.6. The lowest BCUT2D eigenvalue weighted by Crippen LogP contribution is -2.16. The molecule has 0 fully saturated rings. The fraction of sp³-hybridized carbons (Fsp3) is 0.886. The van der Waals surface area contributed by atoms with Gasteiger partial charge >= 0.3 is 0 Å². The van der Waals surface area contributed by atoms with E-state index in [4.69, 9.17) is 176 Å². The van der Waals surface area contributed by atoms with Crippen LogP contribution in [-0.2, 0) is 166 Å². The van der Waals surface area contributed by atoms with E-state index in [0.29, 0.717) is 469 Å². The minimum atomic E-state index is 0.0153. The first-order valence-electron chi connectivity index (χ1n) is 45.3. The molecule has 2 aromatic rings. The van der Waals surface area contributed by atoms with E-state index in [0.717, 1.165) is 44.3 Å². The number of hydrogen-bond donors (Lipinski definition) is 1. The lowest BCUT2D eigenvalue weighted by atomic mass is 10.1. The summed E-state index contributed by atoms with van der Waals surface area (Å²) < 4.78 is 200. The Morgan fingerprint density at radius 1 is 0.128 bits per heavy atom. The van der Waals surface area contributed by atoms with Gasteiger partial charge in [-0.25, -0.2) is 0 Å². The van der Waals surface area contributed by atoms with Crippen LogP contribution in [0.2, 0.25) is 0 Å². The van der Waals surface area contributed by atoms with Crippen molar-refractivity contribution in [3.05, 3.63) is 42.5 Å². The van der Waals surface area contributed by atoms with Crippen LogP contribution in [-0.4, -0.2) is 481 Å². The van der Waals surface area contributed by atoms with Gasteiger partial charge in [0, 0.05) is 79.1 Å². The molecule has 0 aliphatic heterocycles. The third-order valence-corrected chi connectivity index (χ3v) is 16.3. The van der Waals surface area contributed by atoms with Crippen LogP contribution >= 0.6 is 0 Å². The van der Waals surface area contributed by atoms with E-state index in [1.807, 2.05) is 18.2 Å². The Morgan fingerprint density at radius 3 is 0.416 bits per heavy atom. The number of aliphatic hydroxyl groups excluding tert-OH is 1. The van der Waals surface area contributed by atoms with E-state index in [-0.39, 0.29) is 6.61 Å². The zero-order valence-electron chi connectivity index (χ0n) is 75.8. The molecule has 0 heterocycles. The molecule has 0 saturated heterocycles. The van der Waals surface area contributed by atoms with E-state index in [1.165, 1.54) is 10.8 Å². The molecule has 0 aliphatic carbocycles. The zero-order chi connectivity index (χ0) is 88.3. The molecule has 2 aromatic carbocycles. The highest BCUT2D eigenvalue weighted by Gasteiger charge is 2.06. The van der Waals surface area contributed by atoms with Crippen molar-refractivity contribution < 1.29 is 176 Å². The maximum atomic E-state index is 8.63. The minimum absolute atomic E-state index is 0.0153. The quantitative estimate of drug-likeness (QED) is 0.0838. The zero-order valence-corrected chi connectivity index (χ0v) is 75.8. The maximum absolute atomic E-state index is 8.63. The molecule has 0 saturated carbocycles. The minimum Gasteiger partial charge on any atom is -0.493 e. The monoisotopic (exact) mass is 1810 g/mol. The van der Waals surface area contributed by atoms with Crippen LogP contribution < -0.4 is 4.74 Å². The molecule has 125 heavy (non-hydrogen) atoms. The van der Waals surface area contributed by atoms with E-state index in [9.17, 15) is 0 Å². The molecule has 0 aliphatic rings. The third-order valence-electron chi connectivity index (χ3n) is 16.3. The second-order valence-corrected chi connectivity index (χ2v) is 26.6. The predicted octanol–water partition coefficient (Wildman–Crippen LogP) is 5.13. The normalized spacial score (nSPS) is 11.8. The van der Waals surface area contributed by atoms with Gasteiger partial charge < -0.3 is 176 Å². The number of rotatable bonds is 114. The summed E-state index contributed by atoms with van der Waals surface area (Å²) in [7, 11) is 0. The number of ether oxygens (including phenoxy) is 36. The molecule has 37 heteroatoms. The predicted molar refractivity (Wildman–Crippen MR) is 463 cm³/mol. The molecule has 0 atom stereocenters. The third kappa shape index (κ3) is 98.4. The van der Waals surface area contributed by atoms with Crippen molar-refractivity contribution in [3.8, 4) is 5.75 Å². The molecule has 37 nitrogen and oxygen atoms in total. The van der Waals surface area contributed by atoms with Gasteiger partial charge in [0.15, 0.2) is 0 Å². The van der Waals surface area contributed by atoms with Crippen molar-refractivity contribution in [1.82, 2.24) is 0 Å². The molecule has 1 N–H and O–H groups in total. The second-order valence-electron chi connectivity index (χ2n) is 26.6. The molecule has 0 radical (unpaired) electrons. The lowest BCUT2D eigenvalue weighted by molar-refractivity contribution is -0.0325. The topological polar surface area (TPSA) is 353 Å². The molecular formula is C88H164O37. The number of aliphatic hydroxyl groups is 1. The summed E-state index contributed by atoms with van der Waals surface area (Å²) in [5.41, 5.74) is 0. The molecule has 0 unspecified atom stereocenters. The smallest absolute Gasteiger partial charge is 0.119 e. The fourth-order valence-electron chi connectivity index (χ4n) is 9.98. The van der Waals surface area contributed by atoms with Gasteiger partial charge in [-0.05, 0) is 55.0 Å². The average Bonchev–Trinajstić information content (AvgIpc) is 0.846. The van der Waals surface area contributed by atoms with E-state index in [1.54, 1.807) is 0 Å². The van der Waals surface area contributed by atoms with E-state index >= 15 is 0 Å². The SMILES string of the molecule is OCCOCCOCCOCCOCCOCCOCCOCCOCCOCCOCCOCCOCCOCCOCCOCCOCCOCCOCCOCCOCCOCCOCCOCCOCCOCCOCCOCCOCCOCCOCCCOCCCOCCCOCCCOCCCOCCCOc1ccc2ccccc2c1. The molecular weight excluding hydrogens is 1650 g/mol. The van der Waals surface area contributed by atoms with Gasteiger partial charge in [0.1, 0.15) is 5.75 Å². The standard InChI is InChI=1S/C88H164O37/c89-13-26-96-28-30-98-32-34-100-36-38-102-40-42-104-44-46-106-48-50-108-52-54-110-56-58-112-60-62-114-64-66-116-68-70-118-72-74-120-76-78-122-80-82-124-84-83-123-81-79-121-77-75-119-73-71-117-69-67-115-65-63-113-61-59-111-57-55-109-53-51-107-49-47-105-45-43-103-41-39-101-37-35-99-33-31-97-29-27-95-23-7-22-93-19-5-18-91-15-3-14-90-16-4-17-92-20-6-21-94-24-8-25-125-88-12-11-86-9-1-2-10-87(86)85-88/h1-2,9-12,85,89H,3-8,13-84H2. The molecule has 2 rings (SSSR count). The first kappa shape index (κ1) is 118. The highest BCUT2D eigenvalue weighted by molar-refractivity contribution is 5.83. The summed E-state index contributed by atoms with van der Waals surface area (Å²) >= 11 is 0. The Balaban J connectivity index is 1.07. The van der Waals surface area contributed by atoms with Crippen LogP contribution in [0, 0.1) is 0 Å². The van der Waals surface area contributed by atoms with Gasteiger partial charge in [-0.2, -0.15) is 0 Å². The molecule has 0 bridgehead atoms. The Hall–Kier alpha value is -2.94. The number of benzene rings is 2. The van der Waals surface area contributed by atoms with Crippen molar-refractivity contribution in [3.63, 3.8) is 0 Å². The number of hydrogen-bond acceptors (Lipinski definition) is 37. The summed E-state index contributed by atoms with van der Waals surface area (Å²) in [6, 6.07) is 14.5. The maximum Gasteiger partial charge on any atom is 0.119 e. The van der Waals surface area contributed by atoms with Crippen molar-refractivity contribution in [2.45, 2.75) is 38.5 Å². The Morgan fingerprint density at radius 2 is 0.256 bits per heavy atom. The van der Waals surface area contributed by atoms with E-state index in [2.05, 4.69) is 24.3 Å². The van der Waals surface area contributed by atoms with Crippen LogP contribution in [0.4, 0.5) is 0 Å². The van der Waals surface area contributed by atoms with E-state index < -0.39 is 0 Å². The number of fused-ring (bicyclic) bond motifs is 1. The average molecular weight is 1810 g/mol. The first-order valence-corrected chi connectivity index (χ1v) is 45.3. The summed E-state index contributed by atoms with van der Waals surface area (Å²) in [4.78, 5) is 0. The van der Waals surface area contributed by atoms with Crippen LogP contribution in [0.15, 0.2) is 42.5 Å². The first-order chi connectivity index (χ1) is 62.4. The summed E-state index contributed by atoms with van der Waals surface area (Å²) in [6.07, 6.45) is 5.19. The van der Waals surface area contributed by atoms with Gasteiger partial charge in [-0.15, -0.1) is 0 Å². The van der Waals surface area contributed by atoms with Gasteiger partial charge in [-0.1, -0.05) is 30.3 Å². The van der Waals surface area contributed by atoms with Crippen molar-refractivity contribution in [2.24, 2.45) is 0 Å². The van der Waals surface area contributed by atoms with Gasteiger partial charge in [0.05, 0.1) is 403 Å². The molecule has 0 aromatic heterocycles. The summed E-state index contributed by atoms with van der Waals surface area (Å²) in [5.74, 6) is 0.895.